The topological polar surface area (TPSA) is 72.6 Å². The summed E-state index contributed by atoms with van der Waals surface area (Å²) in [5.74, 6) is 1.48. The van der Waals surface area contributed by atoms with Crippen LogP contribution in [-0.2, 0) is 4.79 Å². The summed E-state index contributed by atoms with van der Waals surface area (Å²) >= 11 is 0. The molecule has 0 saturated carbocycles. The molecule has 0 aliphatic carbocycles. The van der Waals surface area contributed by atoms with Crippen molar-refractivity contribution < 1.29 is 19.0 Å². The Morgan fingerprint density at radius 2 is 1.53 bits per heavy atom. The number of methoxy groups -OCH3 is 3. The molecule has 0 bridgehead atoms. The minimum absolute atomic E-state index is 0.209. The highest BCUT2D eigenvalue weighted by Gasteiger charge is 2.12. The first-order chi connectivity index (χ1) is 16.6. The molecule has 0 aliphatic heterocycles. The molecule has 1 aromatic heterocycles. The number of aromatic amines is 1. The molecular weight excluding hydrogens is 428 g/mol. The highest BCUT2D eigenvalue weighted by Crippen LogP contribution is 2.38. The summed E-state index contributed by atoms with van der Waals surface area (Å²) < 4.78 is 16.2. The fourth-order valence-corrected chi connectivity index (χ4v) is 3.71. The average Bonchev–Trinajstić information content (AvgIpc) is 3.29. The van der Waals surface area contributed by atoms with E-state index in [4.69, 9.17) is 14.2 Å². The van der Waals surface area contributed by atoms with Crippen LogP contribution in [0.2, 0.25) is 0 Å². The molecule has 3 aromatic carbocycles. The van der Waals surface area contributed by atoms with Gasteiger partial charge in [-0.15, -0.1) is 0 Å². The number of hydrogen-bond donors (Lipinski definition) is 2. The number of hydrogen-bond acceptors (Lipinski definition) is 4. The first-order valence-electron chi connectivity index (χ1n) is 10.7. The van der Waals surface area contributed by atoms with Crippen molar-refractivity contribution in [2.45, 2.75) is 0 Å². The molecular formula is C28H26N2O4. The normalized spacial score (nSPS) is 11.3. The summed E-state index contributed by atoms with van der Waals surface area (Å²) in [6.07, 6.45) is 9.09. The van der Waals surface area contributed by atoms with Crippen molar-refractivity contribution in [3.8, 4) is 17.2 Å². The maximum absolute atomic E-state index is 12.6. The third-order valence-electron chi connectivity index (χ3n) is 5.40. The lowest BCUT2D eigenvalue weighted by Crippen LogP contribution is -2.08. The predicted molar refractivity (Wildman–Crippen MR) is 137 cm³/mol. The van der Waals surface area contributed by atoms with E-state index in [1.165, 1.54) is 6.08 Å². The second-order valence-electron chi connectivity index (χ2n) is 7.49. The molecule has 1 amide bonds. The van der Waals surface area contributed by atoms with Crippen molar-refractivity contribution in [1.29, 1.82) is 0 Å². The number of fused-ring (bicyclic) bond motifs is 1. The van der Waals surface area contributed by atoms with Gasteiger partial charge in [-0.25, -0.2) is 0 Å². The molecule has 1 heterocycles. The predicted octanol–water partition coefficient (Wildman–Crippen LogP) is 6.02. The zero-order valence-corrected chi connectivity index (χ0v) is 19.3. The summed E-state index contributed by atoms with van der Waals surface area (Å²) in [7, 11) is 4.74. The minimum atomic E-state index is -0.209. The first kappa shape index (κ1) is 22.7. The van der Waals surface area contributed by atoms with E-state index < -0.39 is 0 Å². The van der Waals surface area contributed by atoms with Crippen molar-refractivity contribution >= 4 is 40.7 Å². The number of anilines is 1. The Kier molecular flexibility index (Phi) is 6.98. The molecule has 4 aromatic rings. The smallest absolute Gasteiger partial charge is 0.248 e. The Labute approximate surface area is 198 Å². The van der Waals surface area contributed by atoms with Crippen molar-refractivity contribution in [3.05, 3.63) is 89.6 Å². The lowest BCUT2D eigenvalue weighted by Gasteiger charge is -2.13. The molecule has 0 spiro atoms. The van der Waals surface area contributed by atoms with Gasteiger partial charge in [0.05, 0.1) is 21.3 Å². The molecule has 0 saturated heterocycles. The standard InChI is InChI=1S/C28H26N2O4/c1-32-25-16-19(17-26(33-2)28(25)34-3)12-13-20-8-4-6-10-23(20)30-27(31)15-14-21-18-29-24-11-7-5-9-22(21)24/h4-18,29H,1-3H3,(H,30,31)/b13-12+,15-14+. The van der Waals surface area contributed by atoms with Crippen molar-refractivity contribution in [2.75, 3.05) is 26.6 Å². The number of para-hydroxylation sites is 2. The molecule has 172 valence electrons. The number of H-pyrrole nitrogens is 1. The number of amides is 1. The maximum Gasteiger partial charge on any atom is 0.248 e. The number of carbonyl (C=O) groups is 1. The molecule has 34 heavy (non-hydrogen) atoms. The second kappa shape index (κ2) is 10.4. The Bertz CT molecular complexity index is 1340. The van der Waals surface area contributed by atoms with Crippen LogP contribution in [0.4, 0.5) is 5.69 Å². The van der Waals surface area contributed by atoms with Crippen LogP contribution in [0.5, 0.6) is 17.2 Å². The van der Waals surface area contributed by atoms with Crippen LogP contribution >= 0.6 is 0 Å². The van der Waals surface area contributed by atoms with Gasteiger partial charge < -0.3 is 24.5 Å². The van der Waals surface area contributed by atoms with Crippen LogP contribution in [0, 0.1) is 0 Å². The van der Waals surface area contributed by atoms with Crippen LogP contribution in [0.3, 0.4) is 0 Å². The van der Waals surface area contributed by atoms with Gasteiger partial charge in [0.1, 0.15) is 0 Å². The number of ether oxygens (including phenoxy) is 3. The molecule has 2 N–H and O–H groups in total. The van der Waals surface area contributed by atoms with Gasteiger partial charge in [-0.05, 0) is 47.0 Å². The SMILES string of the molecule is COc1cc(/C=C/c2ccccc2NC(=O)/C=C/c2c[nH]c3ccccc23)cc(OC)c1OC. The monoisotopic (exact) mass is 454 g/mol. The Hall–Kier alpha value is -4.45. The molecule has 0 atom stereocenters. The molecule has 0 fully saturated rings. The summed E-state index contributed by atoms with van der Waals surface area (Å²) in [6, 6.07) is 19.3. The van der Waals surface area contributed by atoms with Crippen molar-refractivity contribution in [2.24, 2.45) is 0 Å². The second-order valence-corrected chi connectivity index (χ2v) is 7.49. The van der Waals surface area contributed by atoms with Gasteiger partial charge in [0, 0.05) is 28.9 Å². The Balaban J connectivity index is 1.53. The number of carbonyl (C=O) groups excluding carboxylic acids is 1. The van der Waals surface area contributed by atoms with E-state index in [0.29, 0.717) is 22.9 Å². The van der Waals surface area contributed by atoms with E-state index in [-0.39, 0.29) is 5.91 Å². The Morgan fingerprint density at radius 3 is 2.26 bits per heavy atom. The minimum Gasteiger partial charge on any atom is -0.493 e. The highest BCUT2D eigenvalue weighted by molar-refractivity contribution is 6.04. The molecule has 4 rings (SSSR count). The van der Waals surface area contributed by atoms with Gasteiger partial charge in [-0.1, -0.05) is 48.6 Å². The van der Waals surface area contributed by atoms with Gasteiger partial charge in [0.2, 0.25) is 11.7 Å². The van der Waals surface area contributed by atoms with Gasteiger partial charge in [0.15, 0.2) is 11.5 Å². The van der Waals surface area contributed by atoms with Gasteiger partial charge >= 0.3 is 0 Å². The van der Waals surface area contributed by atoms with Crippen LogP contribution in [-0.4, -0.2) is 32.2 Å². The molecule has 0 aliphatic rings. The summed E-state index contributed by atoms with van der Waals surface area (Å²) in [6.45, 7) is 0. The molecule has 6 heteroatoms. The Morgan fingerprint density at radius 1 is 0.824 bits per heavy atom. The number of benzene rings is 3. The fourth-order valence-electron chi connectivity index (χ4n) is 3.71. The quantitative estimate of drug-likeness (QED) is 0.252. The van der Waals surface area contributed by atoms with Crippen LogP contribution in [0.15, 0.2) is 72.9 Å². The van der Waals surface area contributed by atoms with E-state index >= 15 is 0 Å². The summed E-state index contributed by atoms with van der Waals surface area (Å²) in [5, 5.41) is 4.03. The molecule has 0 unspecified atom stereocenters. The summed E-state index contributed by atoms with van der Waals surface area (Å²) in [4.78, 5) is 15.8. The number of rotatable bonds is 8. The summed E-state index contributed by atoms with van der Waals surface area (Å²) in [5.41, 5.74) is 4.44. The van der Waals surface area contributed by atoms with Gasteiger partial charge in [0.25, 0.3) is 0 Å². The average molecular weight is 455 g/mol. The van der Waals surface area contributed by atoms with Gasteiger partial charge in [-0.3, -0.25) is 4.79 Å². The van der Waals surface area contributed by atoms with Crippen molar-refractivity contribution in [1.82, 2.24) is 4.98 Å². The number of nitrogens with one attached hydrogen (secondary N) is 2. The lowest BCUT2D eigenvalue weighted by atomic mass is 10.1. The van der Waals surface area contributed by atoms with E-state index in [1.807, 2.05) is 85.1 Å². The lowest BCUT2D eigenvalue weighted by molar-refractivity contribution is -0.111. The van der Waals surface area contributed by atoms with Crippen LogP contribution in [0.1, 0.15) is 16.7 Å². The first-order valence-corrected chi connectivity index (χ1v) is 10.7. The molecule has 6 nitrogen and oxygen atoms in total. The van der Waals surface area contributed by atoms with E-state index in [0.717, 1.165) is 27.6 Å². The zero-order chi connectivity index (χ0) is 23.9. The third kappa shape index (κ3) is 4.96. The van der Waals surface area contributed by atoms with Crippen LogP contribution in [0.25, 0.3) is 29.1 Å². The third-order valence-corrected chi connectivity index (χ3v) is 5.40. The van der Waals surface area contributed by atoms with E-state index in [9.17, 15) is 4.79 Å². The van der Waals surface area contributed by atoms with Crippen molar-refractivity contribution in [3.63, 3.8) is 0 Å². The number of aromatic nitrogens is 1. The van der Waals surface area contributed by atoms with E-state index in [1.54, 1.807) is 21.3 Å². The highest BCUT2D eigenvalue weighted by atomic mass is 16.5. The van der Waals surface area contributed by atoms with Crippen LogP contribution < -0.4 is 19.5 Å². The van der Waals surface area contributed by atoms with E-state index in [2.05, 4.69) is 10.3 Å². The van der Waals surface area contributed by atoms with Gasteiger partial charge in [-0.2, -0.15) is 0 Å². The zero-order valence-electron chi connectivity index (χ0n) is 19.3. The fraction of sp³-hybridized carbons (Fsp3) is 0.107. The maximum atomic E-state index is 12.6. The largest absolute Gasteiger partial charge is 0.493 e. The molecule has 0 radical (unpaired) electrons.